The Kier molecular flexibility index (Phi) is 4.78. The van der Waals surface area contributed by atoms with E-state index in [-0.39, 0.29) is 12.6 Å². The third kappa shape index (κ3) is 2.70. The fourth-order valence-electron chi connectivity index (χ4n) is 1.99. The first-order valence-corrected chi connectivity index (χ1v) is 5.55. The van der Waals surface area contributed by atoms with Crippen molar-refractivity contribution >= 4 is 0 Å². The normalized spacial score (nSPS) is 12.6. The van der Waals surface area contributed by atoms with Crippen molar-refractivity contribution < 1.29 is 14.6 Å². The molecule has 1 N–H and O–H groups in total. The van der Waals surface area contributed by atoms with Crippen LogP contribution in [0.3, 0.4) is 0 Å². The molecule has 0 amide bonds. The topological polar surface area (TPSA) is 41.9 Å². The van der Waals surface area contributed by atoms with E-state index in [2.05, 4.69) is 0 Å². The summed E-state index contributed by atoms with van der Waals surface area (Å²) in [6.45, 7) is 2.00. The van der Waals surface area contributed by atoms with E-state index in [1.165, 1.54) is 0 Å². The number of hydrogen-bond donors (Lipinski definition) is 1. The summed E-state index contributed by atoms with van der Waals surface area (Å²) in [6, 6.07) is 3.76. The van der Waals surface area contributed by atoms with Gasteiger partial charge in [0.25, 0.3) is 0 Å². The molecule has 1 unspecified atom stereocenters. The predicted octanol–water partition coefficient (Wildman–Crippen LogP) is 1.61. The molecule has 0 aliphatic heterocycles. The van der Waals surface area contributed by atoms with Crippen molar-refractivity contribution in [2.75, 3.05) is 34.9 Å². The van der Waals surface area contributed by atoms with Crippen molar-refractivity contribution in [3.8, 4) is 11.5 Å². The monoisotopic (exact) mass is 239 g/mol. The fraction of sp³-hybridized carbons (Fsp3) is 0.538. The van der Waals surface area contributed by atoms with E-state index < -0.39 is 0 Å². The first kappa shape index (κ1) is 13.8. The highest BCUT2D eigenvalue weighted by Crippen LogP contribution is 2.35. The summed E-state index contributed by atoms with van der Waals surface area (Å²) >= 11 is 0. The molecular formula is C13H21NO3. The van der Waals surface area contributed by atoms with Gasteiger partial charge in [-0.3, -0.25) is 0 Å². The maximum Gasteiger partial charge on any atom is 0.130 e. The Balaban J connectivity index is 3.29. The van der Waals surface area contributed by atoms with E-state index in [1.807, 2.05) is 38.1 Å². The second-order valence-electron chi connectivity index (χ2n) is 4.18. The smallest absolute Gasteiger partial charge is 0.130 e. The number of likely N-dealkylation sites (N-methyl/N-ethyl adjacent to an activating group) is 1. The molecule has 0 aliphatic rings. The Labute approximate surface area is 103 Å². The molecule has 0 aliphatic carbocycles. The van der Waals surface area contributed by atoms with Crippen LogP contribution >= 0.6 is 0 Å². The van der Waals surface area contributed by atoms with Gasteiger partial charge in [-0.1, -0.05) is 0 Å². The number of rotatable bonds is 5. The van der Waals surface area contributed by atoms with Crippen LogP contribution in [0.25, 0.3) is 0 Å². The predicted molar refractivity (Wildman–Crippen MR) is 67.8 cm³/mol. The Morgan fingerprint density at radius 2 is 1.88 bits per heavy atom. The van der Waals surface area contributed by atoms with Gasteiger partial charge < -0.3 is 19.5 Å². The Morgan fingerprint density at radius 3 is 2.29 bits per heavy atom. The van der Waals surface area contributed by atoms with Crippen LogP contribution in [0.5, 0.6) is 11.5 Å². The molecule has 1 aromatic rings. The zero-order chi connectivity index (χ0) is 13.0. The highest BCUT2D eigenvalue weighted by Gasteiger charge is 2.20. The van der Waals surface area contributed by atoms with Crippen molar-refractivity contribution in [3.05, 3.63) is 23.3 Å². The fourth-order valence-corrected chi connectivity index (χ4v) is 1.99. The lowest BCUT2D eigenvalue weighted by Gasteiger charge is -2.25. The third-order valence-corrected chi connectivity index (χ3v) is 2.97. The van der Waals surface area contributed by atoms with Crippen molar-refractivity contribution in [2.45, 2.75) is 13.0 Å². The number of aliphatic hydroxyl groups excluding tert-OH is 1. The van der Waals surface area contributed by atoms with Gasteiger partial charge in [0.05, 0.1) is 26.9 Å². The molecule has 17 heavy (non-hydrogen) atoms. The zero-order valence-electron chi connectivity index (χ0n) is 11.2. The van der Waals surface area contributed by atoms with Crippen LogP contribution in [0.15, 0.2) is 12.1 Å². The molecule has 0 bridgehead atoms. The zero-order valence-corrected chi connectivity index (χ0v) is 11.2. The number of methoxy groups -OCH3 is 2. The van der Waals surface area contributed by atoms with Crippen LogP contribution in [0.1, 0.15) is 17.2 Å². The molecule has 0 radical (unpaired) electrons. The van der Waals surface area contributed by atoms with Gasteiger partial charge in [0.2, 0.25) is 0 Å². The van der Waals surface area contributed by atoms with Crippen LogP contribution in [-0.4, -0.2) is 44.9 Å². The lowest BCUT2D eigenvalue weighted by molar-refractivity contribution is 0.167. The molecule has 0 saturated heterocycles. The van der Waals surface area contributed by atoms with Crippen molar-refractivity contribution in [1.82, 2.24) is 4.90 Å². The highest BCUT2D eigenvalue weighted by molar-refractivity contribution is 5.50. The van der Waals surface area contributed by atoms with Gasteiger partial charge in [-0.25, -0.2) is 0 Å². The summed E-state index contributed by atoms with van der Waals surface area (Å²) in [4.78, 5) is 1.96. The molecule has 1 rings (SSSR count). The largest absolute Gasteiger partial charge is 0.496 e. The molecule has 96 valence electrons. The third-order valence-electron chi connectivity index (χ3n) is 2.97. The van der Waals surface area contributed by atoms with Gasteiger partial charge in [0.15, 0.2) is 0 Å². The van der Waals surface area contributed by atoms with Gasteiger partial charge in [-0.05, 0) is 33.2 Å². The lowest BCUT2D eigenvalue weighted by atomic mass is 10.0. The number of nitrogens with zero attached hydrogens (tertiary/aromatic N) is 1. The van der Waals surface area contributed by atoms with Crippen LogP contribution in [-0.2, 0) is 0 Å². The Hall–Kier alpha value is -1.26. The minimum Gasteiger partial charge on any atom is -0.496 e. The SMILES string of the molecule is COc1ccc(C(CO)N(C)C)c(OC)c1C. The van der Waals surface area contributed by atoms with E-state index >= 15 is 0 Å². The average molecular weight is 239 g/mol. The second kappa shape index (κ2) is 5.89. The lowest BCUT2D eigenvalue weighted by Crippen LogP contribution is -2.23. The number of hydrogen-bond acceptors (Lipinski definition) is 4. The maximum absolute atomic E-state index is 9.46. The summed E-state index contributed by atoms with van der Waals surface area (Å²) in [6.07, 6.45) is 0. The minimum atomic E-state index is -0.0745. The molecule has 4 nitrogen and oxygen atoms in total. The quantitative estimate of drug-likeness (QED) is 0.847. The van der Waals surface area contributed by atoms with Crippen LogP contribution in [0, 0.1) is 6.92 Å². The van der Waals surface area contributed by atoms with E-state index in [0.717, 1.165) is 22.6 Å². The molecule has 1 aromatic carbocycles. The minimum absolute atomic E-state index is 0.0507. The second-order valence-corrected chi connectivity index (χ2v) is 4.18. The molecule has 0 heterocycles. The Morgan fingerprint density at radius 1 is 1.24 bits per heavy atom. The summed E-state index contributed by atoms with van der Waals surface area (Å²) in [5.41, 5.74) is 1.92. The molecule has 1 atom stereocenters. The van der Waals surface area contributed by atoms with Gasteiger partial charge in [0.1, 0.15) is 11.5 Å². The van der Waals surface area contributed by atoms with Crippen molar-refractivity contribution in [2.24, 2.45) is 0 Å². The highest BCUT2D eigenvalue weighted by atomic mass is 16.5. The first-order chi connectivity index (χ1) is 8.06. The number of ether oxygens (including phenoxy) is 2. The van der Waals surface area contributed by atoms with E-state index in [1.54, 1.807) is 14.2 Å². The van der Waals surface area contributed by atoms with E-state index in [4.69, 9.17) is 9.47 Å². The summed E-state index contributed by atoms with van der Waals surface area (Å²) in [5.74, 6) is 1.57. The van der Waals surface area contributed by atoms with E-state index in [9.17, 15) is 5.11 Å². The van der Waals surface area contributed by atoms with Gasteiger partial charge in [0, 0.05) is 11.1 Å². The molecule has 4 heteroatoms. The van der Waals surface area contributed by atoms with Crippen LogP contribution in [0.2, 0.25) is 0 Å². The summed E-state index contributed by atoms with van der Waals surface area (Å²) in [5, 5.41) is 9.46. The molecular weight excluding hydrogens is 218 g/mol. The molecule has 0 fully saturated rings. The molecule has 0 spiro atoms. The summed E-state index contributed by atoms with van der Waals surface area (Å²) in [7, 11) is 7.13. The van der Waals surface area contributed by atoms with E-state index in [0.29, 0.717) is 0 Å². The van der Waals surface area contributed by atoms with Crippen molar-refractivity contribution in [1.29, 1.82) is 0 Å². The van der Waals surface area contributed by atoms with Crippen LogP contribution < -0.4 is 9.47 Å². The standard InChI is InChI=1S/C13H21NO3/c1-9-12(16-4)7-6-10(13(9)17-5)11(8-15)14(2)3/h6-7,11,15H,8H2,1-5H3. The van der Waals surface area contributed by atoms with Crippen molar-refractivity contribution in [3.63, 3.8) is 0 Å². The van der Waals surface area contributed by atoms with Crippen LogP contribution in [0.4, 0.5) is 0 Å². The van der Waals surface area contributed by atoms with Gasteiger partial charge >= 0.3 is 0 Å². The summed E-state index contributed by atoms with van der Waals surface area (Å²) < 4.78 is 10.7. The molecule has 0 aromatic heterocycles. The number of benzene rings is 1. The Bertz CT molecular complexity index is 377. The molecule has 0 saturated carbocycles. The maximum atomic E-state index is 9.46. The van der Waals surface area contributed by atoms with Gasteiger partial charge in [-0.15, -0.1) is 0 Å². The number of aliphatic hydroxyl groups is 1. The van der Waals surface area contributed by atoms with Gasteiger partial charge in [-0.2, -0.15) is 0 Å². The average Bonchev–Trinajstić information content (AvgIpc) is 2.30. The first-order valence-electron chi connectivity index (χ1n) is 5.55.